The molecule has 82 valence electrons. The molecule has 0 saturated heterocycles. The van der Waals surface area contributed by atoms with Gasteiger partial charge in [-0.3, -0.25) is 0 Å². The van der Waals surface area contributed by atoms with E-state index < -0.39 is 6.03 Å². The monoisotopic (exact) mass is 248 g/mol. The third-order valence-corrected chi connectivity index (χ3v) is 2.47. The lowest BCUT2D eigenvalue weighted by atomic mass is 10.3. The van der Waals surface area contributed by atoms with Gasteiger partial charge in [0.15, 0.2) is 0 Å². The van der Waals surface area contributed by atoms with Crippen LogP contribution in [0.15, 0.2) is 18.2 Å². The zero-order chi connectivity index (χ0) is 11.4. The maximum Gasteiger partial charge on any atom is 0.323 e. The van der Waals surface area contributed by atoms with Crippen LogP contribution in [0.1, 0.15) is 0 Å². The SMILES string of the molecule is CN(CO)C(=O)Nc1ccc(Cl)c(Cl)c1. The molecule has 0 unspecified atom stereocenters. The van der Waals surface area contributed by atoms with Gasteiger partial charge in [-0.25, -0.2) is 4.79 Å². The minimum atomic E-state index is -0.420. The maximum atomic E-state index is 11.3. The molecule has 0 radical (unpaired) electrons. The second-order valence-electron chi connectivity index (χ2n) is 2.90. The van der Waals surface area contributed by atoms with Gasteiger partial charge in [-0.2, -0.15) is 0 Å². The number of nitrogens with zero attached hydrogens (tertiary/aromatic N) is 1. The van der Waals surface area contributed by atoms with E-state index in [-0.39, 0.29) is 6.73 Å². The number of nitrogens with one attached hydrogen (secondary N) is 1. The molecule has 1 aromatic carbocycles. The van der Waals surface area contributed by atoms with Crippen LogP contribution < -0.4 is 5.32 Å². The molecule has 6 heteroatoms. The molecule has 0 aliphatic rings. The van der Waals surface area contributed by atoms with Crippen LogP contribution in [0.3, 0.4) is 0 Å². The summed E-state index contributed by atoms with van der Waals surface area (Å²) >= 11 is 11.5. The van der Waals surface area contributed by atoms with E-state index in [1.54, 1.807) is 12.1 Å². The number of benzene rings is 1. The quantitative estimate of drug-likeness (QED) is 0.791. The van der Waals surface area contributed by atoms with Gasteiger partial charge in [0.05, 0.1) is 10.0 Å². The number of carbonyl (C=O) groups is 1. The normalized spacial score (nSPS) is 9.87. The van der Waals surface area contributed by atoms with Gasteiger partial charge in [-0.15, -0.1) is 0 Å². The molecule has 0 bridgehead atoms. The van der Waals surface area contributed by atoms with Crippen molar-refractivity contribution >= 4 is 34.9 Å². The van der Waals surface area contributed by atoms with Crippen LogP contribution in [0.5, 0.6) is 0 Å². The third-order valence-electron chi connectivity index (χ3n) is 1.73. The number of halogens is 2. The molecule has 1 aromatic rings. The van der Waals surface area contributed by atoms with Crippen LogP contribution in [-0.4, -0.2) is 29.8 Å². The Labute approximate surface area is 97.4 Å². The maximum absolute atomic E-state index is 11.3. The highest BCUT2D eigenvalue weighted by Crippen LogP contribution is 2.24. The Bertz CT molecular complexity index is 371. The standard InChI is InChI=1S/C9H10Cl2N2O2/c1-13(5-14)9(15)12-6-2-3-7(10)8(11)4-6/h2-4,14H,5H2,1H3,(H,12,15). The van der Waals surface area contributed by atoms with E-state index in [1.165, 1.54) is 13.1 Å². The van der Waals surface area contributed by atoms with Gasteiger partial charge in [0.1, 0.15) is 6.73 Å². The Morgan fingerprint density at radius 2 is 2.13 bits per heavy atom. The molecule has 0 saturated carbocycles. The van der Waals surface area contributed by atoms with Crippen molar-refractivity contribution < 1.29 is 9.90 Å². The largest absolute Gasteiger partial charge is 0.376 e. The first-order valence-corrected chi connectivity index (χ1v) is 4.88. The second-order valence-corrected chi connectivity index (χ2v) is 3.71. The zero-order valence-electron chi connectivity index (χ0n) is 8.00. The van der Waals surface area contributed by atoms with E-state index in [0.29, 0.717) is 15.7 Å². The molecule has 2 amide bonds. The summed E-state index contributed by atoms with van der Waals surface area (Å²) in [6.07, 6.45) is 0. The van der Waals surface area contributed by atoms with Crippen LogP contribution in [0, 0.1) is 0 Å². The summed E-state index contributed by atoms with van der Waals surface area (Å²) in [7, 11) is 1.47. The molecule has 0 spiro atoms. The Morgan fingerprint density at radius 1 is 1.47 bits per heavy atom. The summed E-state index contributed by atoms with van der Waals surface area (Å²) in [5.41, 5.74) is 0.523. The summed E-state index contributed by atoms with van der Waals surface area (Å²) < 4.78 is 0. The molecular formula is C9H10Cl2N2O2. The lowest BCUT2D eigenvalue weighted by Crippen LogP contribution is -2.31. The first-order valence-electron chi connectivity index (χ1n) is 4.12. The van der Waals surface area contributed by atoms with Gasteiger partial charge >= 0.3 is 6.03 Å². The number of carbonyl (C=O) groups excluding carboxylic acids is 1. The van der Waals surface area contributed by atoms with E-state index in [9.17, 15) is 4.79 Å². The summed E-state index contributed by atoms with van der Waals surface area (Å²) in [6, 6.07) is 4.32. The molecule has 0 fully saturated rings. The van der Waals surface area contributed by atoms with Crippen molar-refractivity contribution in [2.75, 3.05) is 19.1 Å². The number of anilines is 1. The molecule has 1 rings (SSSR count). The van der Waals surface area contributed by atoms with Crippen molar-refractivity contribution in [2.45, 2.75) is 0 Å². The van der Waals surface area contributed by atoms with E-state index in [2.05, 4.69) is 5.32 Å². The number of hydrogen-bond acceptors (Lipinski definition) is 2. The fraction of sp³-hybridized carbons (Fsp3) is 0.222. The predicted octanol–water partition coefficient (Wildman–Crippen LogP) is 2.41. The highest BCUT2D eigenvalue weighted by molar-refractivity contribution is 6.42. The topological polar surface area (TPSA) is 52.6 Å². The smallest absolute Gasteiger partial charge is 0.323 e. The second kappa shape index (κ2) is 5.21. The average Bonchev–Trinajstić information content (AvgIpc) is 2.22. The number of amides is 2. The number of hydrogen-bond donors (Lipinski definition) is 2. The molecular weight excluding hydrogens is 239 g/mol. The minimum Gasteiger partial charge on any atom is -0.376 e. The van der Waals surface area contributed by atoms with Gasteiger partial charge in [-0.05, 0) is 18.2 Å². The first-order chi connectivity index (χ1) is 7.04. The predicted molar refractivity (Wildman–Crippen MR) is 60.3 cm³/mol. The van der Waals surface area contributed by atoms with Crippen molar-refractivity contribution in [3.63, 3.8) is 0 Å². The summed E-state index contributed by atoms with van der Waals surface area (Å²) in [5.74, 6) is 0. The molecule has 4 nitrogen and oxygen atoms in total. The van der Waals surface area contributed by atoms with Gasteiger partial charge in [0, 0.05) is 12.7 Å². The van der Waals surface area contributed by atoms with E-state index in [0.717, 1.165) is 4.90 Å². The van der Waals surface area contributed by atoms with Gasteiger partial charge in [-0.1, -0.05) is 23.2 Å². The summed E-state index contributed by atoms with van der Waals surface area (Å²) in [4.78, 5) is 12.4. The molecule has 0 heterocycles. The highest BCUT2D eigenvalue weighted by atomic mass is 35.5. The van der Waals surface area contributed by atoms with Gasteiger partial charge < -0.3 is 15.3 Å². The summed E-state index contributed by atoms with van der Waals surface area (Å²) in [5, 5.41) is 12.0. The van der Waals surface area contributed by atoms with Crippen molar-refractivity contribution in [3.05, 3.63) is 28.2 Å². The first kappa shape index (κ1) is 12.1. The molecule has 0 aromatic heterocycles. The fourth-order valence-corrected chi connectivity index (χ4v) is 1.16. The molecule has 0 aliphatic heterocycles. The lowest BCUT2D eigenvalue weighted by Gasteiger charge is -2.14. The number of aliphatic hydroxyl groups is 1. The van der Waals surface area contributed by atoms with Gasteiger partial charge in [0.2, 0.25) is 0 Å². The van der Waals surface area contributed by atoms with Crippen molar-refractivity contribution in [1.29, 1.82) is 0 Å². The lowest BCUT2D eigenvalue weighted by molar-refractivity contribution is 0.149. The van der Waals surface area contributed by atoms with Gasteiger partial charge in [0.25, 0.3) is 0 Å². The van der Waals surface area contributed by atoms with Crippen LogP contribution >= 0.6 is 23.2 Å². The van der Waals surface area contributed by atoms with E-state index in [4.69, 9.17) is 28.3 Å². The number of urea groups is 1. The zero-order valence-corrected chi connectivity index (χ0v) is 9.51. The molecule has 0 atom stereocenters. The Hall–Kier alpha value is -0.970. The average molecular weight is 249 g/mol. The van der Waals surface area contributed by atoms with Crippen LogP contribution in [0.25, 0.3) is 0 Å². The summed E-state index contributed by atoms with van der Waals surface area (Å²) in [6.45, 7) is -0.354. The Kier molecular flexibility index (Phi) is 4.20. The highest BCUT2D eigenvalue weighted by Gasteiger charge is 2.07. The van der Waals surface area contributed by atoms with Crippen LogP contribution in [-0.2, 0) is 0 Å². The molecule has 2 N–H and O–H groups in total. The van der Waals surface area contributed by atoms with E-state index in [1.807, 2.05) is 0 Å². The third kappa shape index (κ3) is 3.27. The van der Waals surface area contributed by atoms with Crippen LogP contribution in [0.4, 0.5) is 10.5 Å². The Morgan fingerprint density at radius 3 is 2.67 bits per heavy atom. The van der Waals surface area contributed by atoms with Crippen LogP contribution in [0.2, 0.25) is 10.0 Å². The fourth-order valence-electron chi connectivity index (χ4n) is 0.857. The number of aliphatic hydroxyl groups excluding tert-OH is 1. The minimum absolute atomic E-state index is 0.354. The Balaban J connectivity index is 2.73. The van der Waals surface area contributed by atoms with Crippen molar-refractivity contribution in [2.24, 2.45) is 0 Å². The van der Waals surface area contributed by atoms with E-state index >= 15 is 0 Å². The number of rotatable bonds is 2. The van der Waals surface area contributed by atoms with Crippen molar-refractivity contribution in [3.8, 4) is 0 Å². The van der Waals surface area contributed by atoms with Crippen molar-refractivity contribution in [1.82, 2.24) is 4.90 Å². The molecule has 15 heavy (non-hydrogen) atoms. The molecule has 0 aliphatic carbocycles.